The highest BCUT2D eigenvalue weighted by Crippen LogP contribution is 2.18. The van der Waals surface area contributed by atoms with Crippen LogP contribution in [0.2, 0.25) is 5.02 Å². The monoisotopic (exact) mass is 442 g/mol. The maximum Gasteiger partial charge on any atom is 0.271 e. The third-order valence-corrected chi connectivity index (χ3v) is 4.56. The molecule has 27 heavy (non-hydrogen) atoms. The lowest BCUT2D eigenvalue weighted by Crippen LogP contribution is -2.17. The molecule has 0 aromatic heterocycles. The molecule has 0 radical (unpaired) electrons. The zero-order valence-corrected chi connectivity index (χ0v) is 16.6. The van der Waals surface area contributed by atoms with E-state index in [1.165, 1.54) is 0 Å². The van der Waals surface area contributed by atoms with E-state index in [1.54, 1.807) is 24.4 Å². The average molecular weight is 444 g/mol. The minimum absolute atomic E-state index is 0.271. The van der Waals surface area contributed by atoms with Crippen LogP contribution in [-0.2, 0) is 6.61 Å². The van der Waals surface area contributed by atoms with Gasteiger partial charge in [0.05, 0.1) is 6.21 Å². The van der Waals surface area contributed by atoms with Gasteiger partial charge in [-0.3, -0.25) is 4.79 Å². The SMILES string of the molecule is O=C(NN=Cc1ccc(OCc2ccccc2Cl)cc1)c1cccc(Br)c1. The number of nitrogens with zero attached hydrogens (tertiary/aromatic N) is 1. The van der Waals surface area contributed by atoms with Gasteiger partial charge in [-0.2, -0.15) is 5.10 Å². The Morgan fingerprint density at radius 1 is 1.07 bits per heavy atom. The zero-order valence-electron chi connectivity index (χ0n) is 14.2. The largest absolute Gasteiger partial charge is 0.489 e. The van der Waals surface area contributed by atoms with Crippen molar-refractivity contribution >= 4 is 39.7 Å². The van der Waals surface area contributed by atoms with E-state index < -0.39 is 0 Å². The van der Waals surface area contributed by atoms with E-state index in [0.717, 1.165) is 21.3 Å². The van der Waals surface area contributed by atoms with E-state index in [4.69, 9.17) is 16.3 Å². The molecule has 0 aliphatic heterocycles. The van der Waals surface area contributed by atoms with E-state index >= 15 is 0 Å². The third kappa shape index (κ3) is 5.67. The number of nitrogens with one attached hydrogen (secondary N) is 1. The molecule has 6 heteroatoms. The minimum atomic E-state index is -0.271. The van der Waals surface area contributed by atoms with Crippen molar-refractivity contribution in [2.45, 2.75) is 6.61 Å². The van der Waals surface area contributed by atoms with Gasteiger partial charge in [0.15, 0.2) is 0 Å². The van der Waals surface area contributed by atoms with Gasteiger partial charge in [0.25, 0.3) is 5.91 Å². The Balaban J connectivity index is 1.53. The van der Waals surface area contributed by atoms with Crippen molar-refractivity contribution in [2.24, 2.45) is 5.10 Å². The third-order valence-electron chi connectivity index (χ3n) is 3.70. The second kappa shape index (κ2) is 9.35. The summed E-state index contributed by atoms with van der Waals surface area (Å²) in [5, 5.41) is 4.67. The summed E-state index contributed by atoms with van der Waals surface area (Å²) in [4.78, 5) is 12.0. The molecule has 0 heterocycles. The summed E-state index contributed by atoms with van der Waals surface area (Å²) >= 11 is 9.45. The molecule has 3 rings (SSSR count). The van der Waals surface area contributed by atoms with E-state index in [2.05, 4.69) is 26.5 Å². The number of amides is 1. The summed E-state index contributed by atoms with van der Waals surface area (Å²) in [6, 6.07) is 22.1. The molecule has 0 spiro atoms. The number of hydrogen-bond donors (Lipinski definition) is 1. The van der Waals surface area contributed by atoms with Gasteiger partial charge >= 0.3 is 0 Å². The van der Waals surface area contributed by atoms with Crippen LogP contribution in [0.5, 0.6) is 5.75 Å². The summed E-state index contributed by atoms with van der Waals surface area (Å²) in [5.41, 5.74) is 4.81. The number of halogens is 2. The average Bonchev–Trinajstić information content (AvgIpc) is 2.68. The van der Waals surface area contributed by atoms with Crippen molar-refractivity contribution in [3.8, 4) is 5.75 Å². The number of carbonyl (C=O) groups excluding carboxylic acids is 1. The molecule has 0 unspecified atom stereocenters. The Labute approximate surface area is 171 Å². The lowest BCUT2D eigenvalue weighted by Gasteiger charge is -2.07. The van der Waals surface area contributed by atoms with Gasteiger partial charge in [-0.25, -0.2) is 5.43 Å². The van der Waals surface area contributed by atoms with E-state index in [1.807, 2.05) is 54.6 Å². The summed E-state index contributed by atoms with van der Waals surface area (Å²) in [7, 11) is 0. The molecule has 1 amide bonds. The number of hydrogen-bond acceptors (Lipinski definition) is 3. The Bertz CT molecular complexity index is 958. The number of hydrazone groups is 1. The molecule has 1 N–H and O–H groups in total. The van der Waals surface area contributed by atoms with Crippen molar-refractivity contribution < 1.29 is 9.53 Å². The normalized spacial score (nSPS) is 10.7. The topological polar surface area (TPSA) is 50.7 Å². The number of benzene rings is 3. The molecule has 0 fully saturated rings. The van der Waals surface area contributed by atoms with Crippen LogP contribution < -0.4 is 10.2 Å². The van der Waals surface area contributed by atoms with E-state index in [9.17, 15) is 4.79 Å². The highest BCUT2D eigenvalue weighted by Gasteiger charge is 2.04. The summed E-state index contributed by atoms with van der Waals surface area (Å²) < 4.78 is 6.58. The molecule has 3 aromatic rings. The molecule has 0 aliphatic carbocycles. The van der Waals surface area contributed by atoms with E-state index in [0.29, 0.717) is 17.2 Å². The molecule has 0 bridgehead atoms. The van der Waals surface area contributed by atoms with Crippen LogP contribution in [0.25, 0.3) is 0 Å². The van der Waals surface area contributed by atoms with Crippen molar-refractivity contribution in [1.29, 1.82) is 0 Å². The van der Waals surface area contributed by atoms with E-state index in [-0.39, 0.29) is 5.91 Å². The van der Waals surface area contributed by atoms with Crippen LogP contribution in [0.4, 0.5) is 0 Å². The first kappa shape index (κ1) is 19.1. The summed E-state index contributed by atoms with van der Waals surface area (Å²) in [6.07, 6.45) is 1.58. The standard InChI is InChI=1S/C21H16BrClN2O2/c22-18-6-3-5-16(12-18)21(26)25-24-13-15-8-10-19(11-9-15)27-14-17-4-1-2-7-20(17)23/h1-13H,14H2,(H,25,26). The summed E-state index contributed by atoms with van der Waals surface area (Å²) in [6.45, 7) is 0.399. The molecule has 136 valence electrons. The summed E-state index contributed by atoms with van der Waals surface area (Å²) in [5.74, 6) is 0.456. The molecule has 0 aliphatic rings. The zero-order chi connectivity index (χ0) is 19.1. The molecule has 0 atom stereocenters. The first-order valence-electron chi connectivity index (χ1n) is 8.17. The van der Waals surface area contributed by atoms with Gasteiger partial charge in [0.1, 0.15) is 12.4 Å². The quantitative estimate of drug-likeness (QED) is 0.407. The molecule has 4 nitrogen and oxygen atoms in total. The molecular formula is C21H16BrClN2O2. The molecule has 3 aromatic carbocycles. The first-order valence-corrected chi connectivity index (χ1v) is 9.34. The fourth-order valence-corrected chi connectivity index (χ4v) is 2.88. The second-order valence-corrected chi connectivity index (χ2v) is 6.98. The van der Waals surface area contributed by atoms with Crippen LogP contribution >= 0.6 is 27.5 Å². The van der Waals surface area contributed by atoms with Gasteiger partial charge in [0.2, 0.25) is 0 Å². The van der Waals surface area contributed by atoms with Gasteiger partial charge in [-0.1, -0.05) is 51.8 Å². The van der Waals surface area contributed by atoms with Crippen LogP contribution in [-0.4, -0.2) is 12.1 Å². The van der Waals surface area contributed by atoms with Crippen LogP contribution in [0.15, 0.2) is 82.4 Å². The van der Waals surface area contributed by atoms with Crippen LogP contribution in [0.1, 0.15) is 21.5 Å². The fraction of sp³-hybridized carbons (Fsp3) is 0.0476. The molecule has 0 saturated heterocycles. The van der Waals surface area contributed by atoms with Gasteiger partial charge < -0.3 is 4.74 Å². The van der Waals surface area contributed by atoms with Crippen LogP contribution in [0.3, 0.4) is 0 Å². The van der Waals surface area contributed by atoms with Crippen LogP contribution in [0, 0.1) is 0 Å². The minimum Gasteiger partial charge on any atom is -0.489 e. The number of ether oxygens (including phenoxy) is 1. The van der Waals surface area contributed by atoms with Gasteiger partial charge in [0, 0.05) is 20.6 Å². The Kier molecular flexibility index (Phi) is 6.63. The predicted octanol–water partition coefficient (Wildman–Crippen LogP) is 5.45. The van der Waals surface area contributed by atoms with Crippen molar-refractivity contribution in [2.75, 3.05) is 0 Å². The van der Waals surface area contributed by atoms with Crippen molar-refractivity contribution in [1.82, 2.24) is 5.43 Å². The predicted molar refractivity (Wildman–Crippen MR) is 111 cm³/mol. The Morgan fingerprint density at radius 2 is 1.85 bits per heavy atom. The highest BCUT2D eigenvalue weighted by molar-refractivity contribution is 9.10. The molecular weight excluding hydrogens is 428 g/mol. The maximum absolute atomic E-state index is 12.0. The van der Waals surface area contributed by atoms with Gasteiger partial charge in [-0.15, -0.1) is 0 Å². The Hall–Kier alpha value is -2.63. The number of carbonyl (C=O) groups is 1. The first-order chi connectivity index (χ1) is 13.1. The number of rotatable bonds is 6. The fourth-order valence-electron chi connectivity index (χ4n) is 2.29. The highest BCUT2D eigenvalue weighted by atomic mass is 79.9. The van der Waals surface area contributed by atoms with Crippen molar-refractivity contribution in [3.05, 3.63) is 99.0 Å². The maximum atomic E-state index is 12.0. The lowest BCUT2D eigenvalue weighted by molar-refractivity contribution is 0.0955. The Morgan fingerprint density at radius 3 is 2.59 bits per heavy atom. The van der Waals surface area contributed by atoms with Gasteiger partial charge in [-0.05, 0) is 54.1 Å². The molecule has 0 saturated carbocycles. The smallest absolute Gasteiger partial charge is 0.271 e. The lowest BCUT2D eigenvalue weighted by atomic mass is 10.2. The second-order valence-electron chi connectivity index (χ2n) is 5.66. The van der Waals surface area contributed by atoms with Crippen molar-refractivity contribution in [3.63, 3.8) is 0 Å².